The molecular weight excluding hydrogens is 254 g/mol. The number of hydrogen-bond donors (Lipinski definition) is 2. The van der Waals surface area contributed by atoms with Crippen LogP contribution in [-0.2, 0) is 7.05 Å². The molecule has 0 aliphatic carbocycles. The SMILES string of the molecule is CC(C)C(CCO)NC(c1ccco1)c1nccn1C. The van der Waals surface area contributed by atoms with Crippen LogP contribution in [0, 0.1) is 5.92 Å². The second kappa shape index (κ2) is 6.72. The van der Waals surface area contributed by atoms with Crippen molar-refractivity contribution in [2.24, 2.45) is 13.0 Å². The number of nitrogens with zero attached hydrogens (tertiary/aromatic N) is 2. The fraction of sp³-hybridized carbons (Fsp3) is 0.533. The number of imidazole rings is 1. The summed E-state index contributed by atoms with van der Waals surface area (Å²) in [5.41, 5.74) is 0. The van der Waals surface area contributed by atoms with E-state index in [1.165, 1.54) is 0 Å². The Hall–Kier alpha value is -1.59. The molecule has 2 heterocycles. The molecule has 5 heteroatoms. The first kappa shape index (κ1) is 14.8. The van der Waals surface area contributed by atoms with Crippen LogP contribution in [0.15, 0.2) is 35.2 Å². The lowest BCUT2D eigenvalue weighted by Crippen LogP contribution is -2.38. The van der Waals surface area contributed by atoms with Gasteiger partial charge in [-0.25, -0.2) is 4.98 Å². The zero-order valence-electron chi connectivity index (χ0n) is 12.3. The summed E-state index contributed by atoms with van der Waals surface area (Å²) in [7, 11) is 1.97. The average Bonchev–Trinajstić information content (AvgIpc) is 3.06. The predicted molar refractivity (Wildman–Crippen MR) is 77.2 cm³/mol. The van der Waals surface area contributed by atoms with Crippen LogP contribution in [0.5, 0.6) is 0 Å². The Morgan fingerprint density at radius 2 is 2.25 bits per heavy atom. The van der Waals surface area contributed by atoms with E-state index in [1.54, 1.807) is 12.5 Å². The molecule has 2 unspecified atom stereocenters. The van der Waals surface area contributed by atoms with E-state index in [2.05, 4.69) is 24.1 Å². The van der Waals surface area contributed by atoms with Gasteiger partial charge >= 0.3 is 0 Å². The Labute approximate surface area is 119 Å². The van der Waals surface area contributed by atoms with Crippen LogP contribution in [0.25, 0.3) is 0 Å². The average molecular weight is 277 g/mol. The Balaban J connectivity index is 2.26. The molecule has 5 nitrogen and oxygen atoms in total. The molecule has 110 valence electrons. The number of rotatable bonds is 7. The van der Waals surface area contributed by atoms with E-state index in [1.807, 2.05) is 29.9 Å². The largest absolute Gasteiger partial charge is 0.467 e. The van der Waals surface area contributed by atoms with Crippen molar-refractivity contribution in [2.45, 2.75) is 32.4 Å². The molecule has 0 aliphatic rings. The van der Waals surface area contributed by atoms with E-state index in [-0.39, 0.29) is 18.7 Å². The molecule has 0 aromatic carbocycles. The van der Waals surface area contributed by atoms with Crippen LogP contribution in [0.4, 0.5) is 0 Å². The maximum atomic E-state index is 9.23. The highest BCUT2D eigenvalue weighted by atomic mass is 16.3. The second-order valence-corrected chi connectivity index (χ2v) is 5.37. The Morgan fingerprint density at radius 1 is 1.45 bits per heavy atom. The Bertz CT molecular complexity index is 505. The van der Waals surface area contributed by atoms with E-state index in [0.717, 1.165) is 11.6 Å². The highest BCUT2D eigenvalue weighted by molar-refractivity contribution is 5.16. The molecule has 0 bridgehead atoms. The third-order valence-electron chi connectivity index (χ3n) is 3.57. The lowest BCUT2D eigenvalue weighted by Gasteiger charge is -2.26. The maximum Gasteiger partial charge on any atom is 0.133 e. The molecule has 0 fully saturated rings. The number of aryl methyl sites for hydroxylation is 1. The number of aliphatic hydroxyl groups excluding tert-OH is 1. The first-order valence-corrected chi connectivity index (χ1v) is 7.01. The van der Waals surface area contributed by atoms with Crippen LogP contribution in [-0.4, -0.2) is 27.3 Å². The molecule has 0 amide bonds. The summed E-state index contributed by atoms with van der Waals surface area (Å²) in [5, 5.41) is 12.8. The van der Waals surface area contributed by atoms with Crippen molar-refractivity contribution in [3.63, 3.8) is 0 Å². The van der Waals surface area contributed by atoms with Gasteiger partial charge in [0.25, 0.3) is 0 Å². The summed E-state index contributed by atoms with van der Waals surface area (Å²) in [6.07, 6.45) is 6.08. The molecule has 0 spiro atoms. The smallest absolute Gasteiger partial charge is 0.133 e. The zero-order valence-corrected chi connectivity index (χ0v) is 12.3. The van der Waals surface area contributed by atoms with Crippen LogP contribution in [0.2, 0.25) is 0 Å². The topological polar surface area (TPSA) is 63.2 Å². The van der Waals surface area contributed by atoms with Gasteiger partial charge in [-0.3, -0.25) is 5.32 Å². The van der Waals surface area contributed by atoms with Gasteiger partial charge < -0.3 is 14.1 Å². The molecule has 0 aliphatic heterocycles. The number of furan rings is 1. The van der Waals surface area contributed by atoms with Crippen molar-refractivity contribution >= 4 is 0 Å². The summed E-state index contributed by atoms with van der Waals surface area (Å²) in [6.45, 7) is 4.46. The summed E-state index contributed by atoms with van der Waals surface area (Å²) in [5.74, 6) is 2.16. The summed E-state index contributed by atoms with van der Waals surface area (Å²) >= 11 is 0. The number of nitrogens with one attached hydrogen (secondary N) is 1. The molecule has 0 radical (unpaired) electrons. The molecule has 0 saturated carbocycles. The van der Waals surface area contributed by atoms with Crippen LogP contribution in [0.1, 0.15) is 37.9 Å². The van der Waals surface area contributed by atoms with Gasteiger partial charge in [0.15, 0.2) is 0 Å². The van der Waals surface area contributed by atoms with Gasteiger partial charge in [0.1, 0.15) is 17.6 Å². The molecule has 2 aromatic heterocycles. The van der Waals surface area contributed by atoms with E-state index in [0.29, 0.717) is 12.3 Å². The van der Waals surface area contributed by atoms with E-state index in [4.69, 9.17) is 4.42 Å². The number of aromatic nitrogens is 2. The monoisotopic (exact) mass is 277 g/mol. The summed E-state index contributed by atoms with van der Waals surface area (Å²) in [6, 6.07) is 3.92. The minimum atomic E-state index is -0.107. The fourth-order valence-corrected chi connectivity index (χ4v) is 2.36. The molecule has 20 heavy (non-hydrogen) atoms. The Morgan fingerprint density at radius 3 is 2.75 bits per heavy atom. The third kappa shape index (κ3) is 3.29. The van der Waals surface area contributed by atoms with Crippen LogP contribution < -0.4 is 5.32 Å². The number of aliphatic hydroxyl groups is 1. The van der Waals surface area contributed by atoms with Gasteiger partial charge in [-0.1, -0.05) is 13.8 Å². The zero-order chi connectivity index (χ0) is 14.5. The lowest BCUT2D eigenvalue weighted by atomic mass is 9.99. The predicted octanol–water partition coefficient (Wildman–Crippen LogP) is 2.10. The minimum Gasteiger partial charge on any atom is -0.467 e. The molecule has 0 saturated heterocycles. The third-order valence-corrected chi connectivity index (χ3v) is 3.57. The summed E-state index contributed by atoms with van der Waals surface area (Å²) < 4.78 is 7.54. The van der Waals surface area contributed by atoms with Gasteiger partial charge in [0.05, 0.1) is 6.26 Å². The van der Waals surface area contributed by atoms with Crippen LogP contribution in [0.3, 0.4) is 0 Å². The fourth-order valence-electron chi connectivity index (χ4n) is 2.36. The maximum absolute atomic E-state index is 9.23. The molecule has 2 atom stereocenters. The standard InChI is InChI=1S/C15H23N3O2/c1-11(2)12(6-9-19)17-14(13-5-4-10-20-13)15-16-7-8-18(15)3/h4-5,7-8,10-12,14,17,19H,6,9H2,1-3H3. The Kier molecular flexibility index (Phi) is 4.98. The van der Waals surface area contributed by atoms with Crippen LogP contribution >= 0.6 is 0 Å². The van der Waals surface area contributed by atoms with Crippen molar-refractivity contribution in [1.82, 2.24) is 14.9 Å². The van der Waals surface area contributed by atoms with Crippen molar-refractivity contribution in [1.29, 1.82) is 0 Å². The summed E-state index contributed by atoms with van der Waals surface area (Å²) in [4.78, 5) is 4.42. The molecule has 2 rings (SSSR count). The van der Waals surface area contributed by atoms with E-state index >= 15 is 0 Å². The van der Waals surface area contributed by atoms with Crippen molar-refractivity contribution in [3.05, 3.63) is 42.4 Å². The molecular formula is C15H23N3O2. The molecule has 2 N–H and O–H groups in total. The van der Waals surface area contributed by atoms with Gasteiger partial charge in [-0.05, 0) is 24.5 Å². The second-order valence-electron chi connectivity index (χ2n) is 5.37. The lowest BCUT2D eigenvalue weighted by molar-refractivity contribution is 0.233. The quantitative estimate of drug-likeness (QED) is 0.813. The van der Waals surface area contributed by atoms with Gasteiger partial charge in [0.2, 0.25) is 0 Å². The number of hydrogen-bond acceptors (Lipinski definition) is 4. The van der Waals surface area contributed by atoms with Gasteiger partial charge in [-0.15, -0.1) is 0 Å². The van der Waals surface area contributed by atoms with Crippen molar-refractivity contribution in [2.75, 3.05) is 6.61 Å². The van der Waals surface area contributed by atoms with Gasteiger partial charge in [-0.2, -0.15) is 0 Å². The highest BCUT2D eigenvalue weighted by Gasteiger charge is 2.25. The van der Waals surface area contributed by atoms with Crippen molar-refractivity contribution < 1.29 is 9.52 Å². The van der Waals surface area contributed by atoms with E-state index in [9.17, 15) is 5.11 Å². The normalized spacial score (nSPS) is 14.7. The highest BCUT2D eigenvalue weighted by Crippen LogP contribution is 2.23. The van der Waals surface area contributed by atoms with Gasteiger partial charge in [0, 0.05) is 32.1 Å². The minimum absolute atomic E-state index is 0.107. The first-order valence-electron chi connectivity index (χ1n) is 7.01. The van der Waals surface area contributed by atoms with E-state index < -0.39 is 0 Å². The van der Waals surface area contributed by atoms with Crippen molar-refractivity contribution in [3.8, 4) is 0 Å². The first-order chi connectivity index (χ1) is 9.63. The molecule has 2 aromatic rings.